The lowest BCUT2D eigenvalue weighted by Crippen LogP contribution is -2.38. The number of halogens is 1. The number of amides is 3. The average Bonchev–Trinajstić information content (AvgIpc) is 2.76. The summed E-state index contributed by atoms with van der Waals surface area (Å²) in [6.45, 7) is 3.54. The van der Waals surface area contributed by atoms with Gasteiger partial charge in [-0.05, 0) is 43.9 Å². The topological polar surface area (TPSA) is 66.5 Å². The van der Waals surface area contributed by atoms with Crippen LogP contribution in [0, 0.1) is 25.7 Å². The van der Waals surface area contributed by atoms with Crippen LogP contribution in [0.4, 0.5) is 5.69 Å². The number of carbonyl (C=O) groups excluding carboxylic acids is 3. The Balaban J connectivity index is 1.71. The first kappa shape index (κ1) is 17.0. The highest BCUT2D eigenvalue weighted by Gasteiger charge is 2.48. The van der Waals surface area contributed by atoms with Gasteiger partial charge >= 0.3 is 0 Å². The van der Waals surface area contributed by atoms with E-state index in [-0.39, 0.29) is 30.2 Å². The monoisotopic (exact) mass is 348 g/mol. The molecule has 1 saturated carbocycles. The predicted molar refractivity (Wildman–Crippen MR) is 91.7 cm³/mol. The summed E-state index contributed by atoms with van der Waals surface area (Å²) in [5.41, 5.74) is 2.38. The van der Waals surface area contributed by atoms with Crippen molar-refractivity contribution in [3.63, 3.8) is 0 Å². The molecule has 3 rings (SSSR count). The van der Waals surface area contributed by atoms with Gasteiger partial charge in [-0.3, -0.25) is 19.3 Å². The fraction of sp³-hybridized carbons (Fsp3) is 0.500. The molecule has 1 saturated heterocycles. The summed E-state index contributed by atoms with van der Waals surface area (Å²) in [4.78, 5) is 38.3. The van der Waals surface area contributed by atoms with E-state index >= 15 is 0 Å². The van der Waals surface area contributed by atoms with Crippen molar-refractivity contribution in [2.75, 3.05) is 11.9 Å². The third-order valence-corrected chi connectivity index (χ3v) is 5.23. The smallest absolute Gasteiger partial charge is 0.244 e. The quantitative estimate of drug-likeness (QED) is 0.854. The summed E-state index contributed by atoms with van der Waals surface area (Å²) in [5, 5.41) is 3.19. The second-order valence-electron chi connectivity index (χ2n) is 6.75. The van der Waals surface area contributed by atoms with Gasteiger partial charge in [-0.1, -0.05) is 30.5 Å². The summed E-state index contributed by atoms with van der Waals surface area (Å²) in [6.07, 6.45) is 3.43. The van der Waals surface area contributed by atoms with Gasteiger partial charge in [0.1, 0.15) is 6.54 Å². The van der Waals surface area contributed by atoms with Gasteiger partial charge in [0.2, 0.25) is 17.7 Å². The van der Waals surface area contributed by atoms with Crippen molar-refractivity contribution in [2.45, 2.75) is 39.5 Å². The first-order valence-corrected chi connectivity index (χ1v) is 8.68. The Morgan fingerprint density at radius 1 is 1.17 bits per heavy atom. The number of fused-ring (bicyclic) bond motifs is 1. The standard InChI is InChI=1S/C18H21ClN2O3/c1-10-7-11(2)16(14(19)8-10)20-15(22)9-21-17(23)12-5-3-4-6-13(12)18(21)24/h7-8,12-13H,3-6,9H2,1-2H3,(H,20,22). The molecule has 2 fully saturated rings. The van der Waals surface area contributed by atoms with E-state index in [0.29, 0.717) is 10.7 Å². The Labute approximate surface area is 146 Å². The van der Waals surface area contributed by atoms with Crippen LogP contribution < -0.4 is 5.32 Å². The van der Waals surface area contributed by atoms with E-state index in [9.17, 15) is 14.4 Å². The Kier molecular flexibility index (Phi) is 4.63. The molecular formula is C18H21ClN2O3. The average molecular weight is 349 g/mol. The number of nitrogens with zero attached hydrogens (tertiary/aromatic N) is 1. The van der Waals surface area contributed by atoms with E-state index in [1.165, 1.54) is 0 Å². The molecule has 6 heteroatoms. The van der Waals surface area contributed by atoms with Crippen LogP contribution in [-0.4, -0.2) is 29.2 Å². The van der Waals surface area contributed by atoms with E-state index in [4.69, 9.17) is 11.6 Å². The minimum atomic E-state index is -0.399. The van der Waals surface area contributed by atoms with Crippen LogP contribution in [0.15, 0.2) is 12.1 Å². The van der Waals surface area contributed by atoms with Crippen molar-refractivity contribution in [3.05, 3.63) is 28.3 Å². The van der Waals surface area contributed by atoms with E-state index in [2.05, 4.69) is 5.32 Å². The number of aryl methyl sites for hydroxylation is 2. The van der Waals surface area contributed by atoms with Crippen molar-refractivity contribution in [3.8, 4) is 0 Å². The minimum Gasteiger partial charge on any atom is -0.323 e. The molecule has 1 aromatic carbocycles. The molecule has 128 valence electrons. The zero-order chi connectivity index (χ0) is 17.4. The molecule has 1 N–H and O–H groups in total. The maximum absolute atomic E-state index is 12.4. The molecule has 2 aliphatic rings. The van der Waals surface area contributed by atoms with Gasteiger partial charge in [-0.2, -0.15) is 0 Å². The van der Waals surface area contributed by atoms with Gasteiger partial charge in [0.15, 0.2) is 0 Å². The molecular weight excluding hydrogens is 328 g/mol. The first-order valence-electron chi connectivity index (χ1n) is 8.30. The molecule has 1 aliphatic heterocycles. The molecule has 5 nitrogen and oxygen atoms in total. The summed E-state index contributed by atoms with van der Waals surface area (Å²) in [7, 11) is 0. The van der Waals surface area contributed by atoms with E-state index in [0.717, 1.165) is 41.7 Å². The van der Waals surface area contributed by atoms with Crippen molar-refractivity contribution in [1.82, 2.24) is 4.90 Å². The van der Waals surface area contributed by atoms with Gasteiger partial charge in [-0.15, -0.1) is 0 Å². The van der Waals surface area contributed by atoms with Gasteiger partial charge < -0.3 is 5.32 Å². The zero-order valence-electron chi connectivity index (χ0n) is 13.9. The fourth-order valence-corrected chi connectivity index (χ4v) is 4.15. The number of carbonyl (C=O) groups is 3. The number of imide groups is 1. The molecule has 3 amide bonds. The van der Waals surface area contributed by atoms with Crippen LogP contribution in [0.3, 0.4) is 0 Å². The third kappa shape index (κ3) is 3.05. The molecule has 1 aromatic rings. The Hall–Kier alpha value is -1.88. The molecule has 2 atom stereocenters. The lowest BCUT2D eigenvalue weighted by atomic mass is 9.81. The number of hydrogen-bond donors (Lipinski definition) is 1. The maximum Gasteiger partial charge on any atom is 0.244 e. The molecule has 0 bridgehead atoms. The highest BCUT2D eigenvalue weighted by atomic mass is 35.5. The van der Waals surface area contributed by atoms with Crippen LogP contribution in [0.25, 0.3) is 0 Å². The maximum atomic E-state index is 12.4. The van der Waals surface area contributed by atoms with Gasteiger partial charge in [0.25, 0.3) is 0 Å². The highest BCUT2D eigenvalue weighted by Crippen LogP contribution is 2.38. The number of anilines is 1. The molecule has 2 unspecified atom stereocenters. The summed E-state index contributed by atoms with van der Waals surface area (Å²) >= 11 is 6.19. The normalized spacial score (nSPS) is 23.4. The second kappa shape index (κ2) is 6.55. The van der Waals surface area contributed by atoms with E-state index < -0.39 is 5.91 Å². The Morgan fingerprint density at radius 2 is 1.75 bits per heavy atom. The van der Waals surface area contributed by atoms with Crippen LogP contribution in [0.5, 0.6) is 0 Å². The first-order chi connectivity index (χ1) is 11.4. The predicted octanol–water partition coefficient (Wildman–Crippen LogP) is 3.07. The molecule has 1 aliphatic carbocycles. The number of hydrogen-bond acceptors (Lipinski definition) is 3. The van der Waals surface area contributed by atoms with Gasteiger partial charge in [-0.25, -0.2) is 0 Å². The van der Waals surface area contributed by atoms with Crippen molar-refractivity contribution < 1.29 is 14.4 Å². The summed E-state index contributed by atoms with van der Waals surface area (Å²) in [5.74, 6) is -1.27. The molecule has 0 spiro atoms. The molecule has 1 heterocycles. The highest BCUT2D eigenvalue weighted by molar-refractivity contribution is 6.34. The van der Waals surface area contributed by atoms with Crippen LogP contribution in [0.2, 0.25) is 5.02 Å². The van der Waals surface area contributed by atoms with Gasteiger partial charge in [0, 0.05) is 0 Å². The van der Waals surface area contributed by atoms with Crippen molar-refractivity contribution in [2.24, 2.45) is 11.8 Å². The number of likely N-dealkylation sites (tertiary alicyclic amines) is 1. The number of nitrogens with one attached hydrogen (secondary N) is 1. The number of rotatable bonds is 3. The van der Waals surface area contributed by atoms with Crippen LogP contribution >= 0.6 is 11.6 Å². The summed E-state index contributed by atoms with van der Waals surface area (Å²) in [6, 6.07) is 3.69. The lowest BCUT2D eigenvalue weighted by Gasteiger charge is -2.19. The van der Waals surface area contributed by atoms with Crippen LogP contribution in [-0.2, 0) is 14.4 Å². The lowest BCUT2D eigenvalue weighted by molar-refractivity contribution is -0.142. The SMILES string of the molecule is Cc1cc(C)c(NC(=O)CN2C(=O)C3CCCCC3C2=O)c(Cl)c1. The third-order valence-electron chi connectivity index (χ3n) is 4.93. The van der Waals surface area contributed by atoms with Gasteiger partial charge in [0.05, 0.1) is 22.5 Å². The molecule has 0 aromatic heterocycles. The van der Waals surface area contributed by atoms with Crippen molar-refractivity contribution >= 4 is 35.0 Å². The molecule has 24 heavy (non-hydrogen) atoms. The number of benzene rings is 1. The second-order valence-corrected chi connectivity index (χ2v) is 7.15. The molecule has 0 radical (unpaired) electrons. The Morgan fingerprint density at radius 3 is 2.29 bits per heavy atom. The zero-order valence-corrected chi connectivity index (χ0v) is 14.7. The van der Waals surface area contributed by atoms with Crippen LogP contribution in [0.1, 0.15) is 36.8 Å². The minimum absolute atomic E-state index is 0.202. The van der Waals surface area contributed by atoms with E-state index in [1.807, 2.05) is 19.9 Å². The Bertz CT molecular complexity index is 669. The fourth-order valence-electron chi connectivity index (χ4n) is 3.78. The van der Waals surface area contributed by atoms with Crippen molar-refractivity contribution in [1.29, 1.82) is 0 Å². The largest absolute Gasteiger partial charge is 0.323 e. The van der Waals surface area contributed by atoms with E-state index in [1.54, 1.807) is 6.07 Å². The summed E-state index contributed by atoms with van der Waals surface area (Å²) < 4.78 is 0.